The Balaban J connectivity index is 1.24. The van der Waals surface area contributed by atoms with Crippen LogP contribution >= 0.6 is 0 Å². The molecule has 0 aliphatic carbocycles. The van der Waals surface area contributed by atoms with Gasteiger partial charge in [0.1, 0.15) is 17.3 Å². The van der Waals surface area contributed by atoms with E-state index in [1.165, 1.54) is 32.2 Å². The normalized spacial score (nSPS) is 25.5. The molecule has 3 aliphatic heterocycles. The molecule has 5 rings (SSSR count). The van der Waals surface area contributed by atoms with E-state index in [1.807, 2.05) is 12.3 Å². The number of hydrogen-bond acceptors (Lipinski definition) is 6. The third kappa shape index (κ3) is 3.37. The molecular formula is C21H29N5O. The third-order valence-corrected chi connectivity index (χ3v) is 6.62. The fourth-order valence-electron chi connectivity index (χ4n) is 5.05. The number of aromatic nitrogens is 1. The second kappa shape index (κ2) is 7.26. The van der Waals surface area contributed by atoms with E-state index in [-0.39, 0.29) is 0 Å². The van der Waals surface area contributed by atoms with Crippen LogP contribution in [-0.2, 0) is 6.54 Å². The molecular weight excluding hydrogens is 338 g/mol. The predicted octanol–water partition coefficient (Wildman–Crippen LogP) is 2.85. The highest BCUT2D eigenvalue weighted by atomic mass is 16.3. The van der Waals surface area contributed by atoms with Crippen molar-refractivity contribution < 1.29 is 4.42 Å². The van der Waals surface area contributed by atoms with Gasteiger partial charge in [0.2, 0.25) is 0 Å². The van der Waals surface area contributed by atoms with Gasteiger partial charge >= 0.3 is 0 Å². The van der Waals surface area contributed by atoms with Gasteiger partial charge in [0.25, 0.3) is 0 Å². The molecule has 144 valence electrons. The molecule has 3 saturated heterocycles. The smallest absolute Gasteiger partial charge is 0.128 e. The van der Waals surface area contributed by atoms with Gasteiger partial charge in [0, 0.05) is 31.4 Å². The molecule has 1 spiro atoms. The molecule has 27 heavy (non-hydrogen) atoms. The molecule has 0 bridgehead atoms. The summed E-state index contributed by atoms with van der Waals surface area (Å²) in [5.41, 5.74) is 6.81. The molecule has 0 aromatic carbocycles. The maximum Gasteiger partial charge on any atom is 0.128 e. The van der Waals surface area contributed by atoms with Crippen LogP contribution in [0, 0.1) is 0 Å². The number of likely N-dealkylation sites (tertiary alicyclic amines) is 1. The molecule has 0 amide bonds. The summed E-state index contributed by atoms with van der Waals surface area (Å²) in [6.45, 7) is 5.30. The van der Waals surface area contributed by atoms with Gasteiger partial charge in [-0.1, -0.05) is 6.07 Å². The number of hydrogen-bond donors (Lipinski definition) is 2. The Bertz CT molecular complexity index is 747. The summed E-state index contributed by atoms with van der Waals surface area (Å²) in [7, 11) is 0. The van der Waals surface area contributed by atoms with Crippen molar-refractivity contribution in [2.45, 2.75) is 50.2 Å². The first-order valence-corrected chi connectivity index (χ1v) is 10.3. The van der Waals surface area contributed by atoms with Gasteiger partial charge in [0.15, 0.2) is 0 Å². The summed E-state index contributed by atoms with van der Waals surface area (Å²) in [6.07, 6.45) is 8.02. The number of rotatable bonds is 4. The predicted molar refractivity (Wildman–Crippen MR) is 105 cm³/mol. The van der Waals surface area contributed by atoms with Gasteiger partial charge in [0.05, 0.1) is 12.6 Å². The number of pyridine rings is 1. The molecule has 2 aromatic rings. The monoisotopic (exact) mass is 367 g/mol. The van der Waals surface area contributed by atoms with E-state index in [0.29, 0.717) is 11.6 Å². The van der Waals surface area contributed by atoms with Gasteiger partial charge in [-0.2, -0.15) is 0 Å². The minimum atomic E-state index is 0.313. The first-order chi connectivity index (χ1) is 13.3. The quantitative estimate of drug-likeness (QED) is 0.867. The molecule has 0 radical (unpaired) electrons. The SMILES string of the molecule is c1ccc(N2CCC3(CCCN3Cc3ccc(C4CCNN4)o3)CC2)nc1. The second-order valence-corrected chi connectivity index (χ2v) is 8.14. The molecule has 0 saturated carbocycles. The summed E-state index contributed by atoms with van der Waals surface area (Å²) >= 11 is 0. The average molecular weight is 367 g/mol. The number of anilines is 1. The second-order valence-electron chi connectivity index (χ2n) is 8.14. The Labute approximate surface area is 160 Å². The van der Waals surface area contributed by atoms with Crippen LogP contribution in [0.15, 0.2) is 40.9 Å². The van der Waals surface area contributed by atoms with Crippen LogP contribution in [0.2, 0.25) is 0 Å². The van der Waals surface area contributed by atoms with Gasteiger partial charge < -0.3 is 9.32 Å². The van der Waals surface area contributed by atoms with Crippen LogP contribution < -0.4 is 15.8 Å². The fraction of sp³-hybridized carbons (Fsp3) is 0.571. The molecule has 6 nitrogen and oxygen atoms in total. The van der Waals surface area contributed by atoms with E-state index in [9.17, 15) is 0 Å². The van der Waals surface area contributed by atoms with Gasteiger partial charge in [-0.25, -0.2) is 10.4 Å². The first-order valence-electron chi connectivity index (χ1n) is 10.3. The Morgan fingerprint density at radius 1 is 1.11 bits per heavy atom. The molecule has 2 aromatic heterocycles. The van der Waals surface area contributed by atoms with Crippen molar-refractivity contribution in [1.82, 2.24) is 20.7 Å². The van der Waals surface area contributed by atoms with Gasteiger partial charge in [-0.15, -0.1) is 0 Å². The van der Waals surface area contributed by atoms with Crippen molar-refractivity contribution >= 4 is 5.82 Å². The minimum absolute atomic E-state index is 0.313. The number of nitrogens with one attached hydrogen (secondary N) is 2. The Morgan fingerprint density at radius 2 is 2.04 bits per heavy atom. The summed E-state index contributed by atoms with van der Waals surface area (Å²) in [6, 6.07) is 10.8. The van der Waals surface area contributed by atoms with E-state index in [1.54, 1.807) is 0 Å². The molecule has 1 atom stereocenters. The summed E-state index contributed by atoms with van der Waals surface area (Å²) < 4.78 is 6.19. The van der Waals surface area contributed by atoms with Crippen molar-refractivity contribution in [3.8, 4) is 0 Å². The molecule has 5 heterocycles. The zero-order valence-electron chi connectivity index (χ0n) is 15.9. The van der Waals surface area contributed by atoms with Gasteiger partial charge in [-0.3, -0.25) is 10.3 Å². The average Bonchev–Trinajstić information content (AvgIpc) is 3.46. The highest BCUT2D eigenvalue weighted by molar-refractivity contribution is 5.38. The van der Waals surface area contributed by atoms with Gasteiger partial charge in [-0.05, 0) is 62.9 Å². The Hall–Kier alpha value is -1.89. The third-order valence-electron chi connectivity index (χ3n) is 6.62. The Morgan fingerprint density at radius 3 is 2.81 bits per heavy atom. The molecule has 3 aliphatic rings. The van der Waals surface area contributed by atoms with E-state index < -0.39 is 0 Å². The number of hydrazine groups is 1. The van der Waals surface area contributed by atoms with Crippen molar-refractivity contribution in [2.24, 2.45) is 0 Å². The van der Waals surface area contributed by atoms with Crippen LogP contribution in [0.3, 0.4) is 0 Å². The molecule has 2 N–H and O–H groups in total. The fourth-order valence-corrected chi connectivity index (χ4v) is 5.05. The lowest BCUT2D eigenvalue weighted by atomic mass is 9.85. The van der Waals surface area contributed by atoms with Crippen molar-refractivity contribution in [2.75, 3.05) is 31.1 Å². The van der Waals surface area contributed by atoms with E-state index in [0.717, 1.165) is 49.9 Å². The van der Waals surface area contributed by atoms with E-state index in [2.05, 4.69) is 49.9 Å². The maximum atomic E-state index is 6.19. The first kappa shape index (κ1) is 17.2. The summed E-state index contributed by atoms with van der Waals surface area (Å²) in [5.74, 6) is 3.28. The highest BCUT2D eigenvalue weighted by Crippen LogP contribution is 2.40. The minimum Gasteiger partial charge on any atom is -0.463 e. The van der Waals surface area contributed by atoms with Crippen LogP contribution in [0.1, 0.15) is 49.7 Å². The maximum absolute atomic E-state index is 6.19. The largest absolute Gasteiger partial charge is 0.463 e. The number of piperidine rings is 1. The Kier molecular flexibility index (Phi) is 4.63. The van der Waals surface area contributed by atoms with Crippen molar-refractivity contribution in [1.29, 1.82) is 0 Å². The lowest BCUT2D eigenvalue weighted by Crippen LogP contribution is -2.52. The number of furan rings is 1. The zero-order chi connectivity index (χ0) is 18.1. The highest BCUT2D eigenvalue weighted by Gasteiger charge is 2.43. The van der Waals surface area contributed by atoms with Crippen LogP contribution in [-0.4, -0.2) is 41.6 Å². The summed E-state index contributed by atoms with van der Waals surface area (Å²) in [4.78, 5) is 9.65. The van der Waals surface area contributed by atoms with E-state index >= 15 is 0 Å². The summed E-state index contributed by atoms with van der Waals surface area (Å²) in [5, 5.41) is 0. The van der Waals surface area contributed by atoms with Crippen LogP contribution in [0.5, 0.6) is 0 Å². The molecule has 3 fully saturated rings. The van der Waals surface area contributed by atoms with E-state index in [4.69, 9.17) is 4.42 Å². The number of nitrogens with zero attached hydrogens (tertiary/aromatic N) is 3. The zero-order valence-corrected chi connectivity index (χ0v) is 15.9. The standard InChI is InChI=1S/C21H29N5O/c1-2-11-22-20(4-1)25-14-9-21(10-15-25)8-3-13-26(21)16-17-5-6-19(27-17)18-7-12-23-24-18/h1-2,4-6,11,18,23-24H,3,7-10,12-16H2. The lowest BCUT2D eigenvalue weighted by Gasteiger charge is -2.45. The lowest BCUT2D eigenvalue weighted by molar-refractivity contribution is 0.0915. The van der Waals surface area contributed by atoms with Crippen LogP contribution in [0.25, 0.3) is 0 Å². The topological polar surface area (TPSA) is 56.6 Å². The molecule has 6 heteroatoms. The van der Waals surface area contributed by atoms with Crippen molar-refractivity contribution in [3.05, 3.63) is 48.0 Å². The van der Waals surface area contributed by atoms with Crippen LogP contribution in [0.4, 0.5) is 5.82 Å². The van der Waals surface area contributed by atoms with Crippen molar-refractivity contribution in [3.63, 3.8) is 0 Å². The molecule has 1 unspecified atom stereocenters.